The highest BCUT2D eigenvalue weighted by Crippen LogP contribution is 2.29. The Balaban J connectivity index is 2.26. The van der Waals surface area contributed by atoms with E-state index in [4.69, 9.17) is 15.4 Å². The molecule has 6 heteroatoms. The highest BCUT2D eigenvalue weighted by Gasteiger charge is 2.06. The predicted molar refractivity (Wildman–Crippen MR) is 64.3 cm³/mol. The van der Waals surface area contributed by atoms with Crippen LogP contribution in [0.5, 0.6) is 0 Å². The molecule has 0 fully saturated rings. The maximum atomic E-state index is 8.60. The summed E-state index contributed by atoms with van der Waals surface area (Å²) in [6.45, 7) is 1.88. The SMILES string of the molecule is Cc1occc1Sc1cc(/C(N)=N/O)ccn1. The van der Waals surface area contributed by atoms with Gasteiger partial charge in [0.25, 0.3) is 0 Å². The van der Waals surface area contributed by atoms with Gasteiger partial charge in [-0.25, -0.2) is 4.98 Å². The van der Waals surface area contributed by atoms with Gasteiger partial charge in [-0.15, -0.1) is 0 Å². The quantitative estimate of drug-likeness (QED) is 0.377. The van der Waals surface area contributed by atoms with Gasteiger partial charge in [-0.2, -0.15) is 0 Å². The van der Waals surface area contributed by atoms with Crippen molar-refractivity contribution in [2.24, 2.45) is 10.9 Å². The summed E-state index contributed by atoms with van der Waals surface area (Å²) in [5, 5.41) is 12.3. The Labute approximate surface area is 102 Å². The van der Waals surface area contributed by atoms with Crippen molar-refractivity contribution < 1.29 is 9.62 Å². The lowest BCUT2D eigenvalue weighted by Crippen LogP contribution is -2.13. The minimum Gasteiger partial charge on any atom is -0.468 e. The molecule has 2 aromatic heterocycles. The van der Waals surface area contributed by atoms with Crippen LogP contribution in [0.2, 0.25) is 0 Å². The van der Waals surface area contributed by atoms with Crippen LogP contribution < -0.4 is 5.73 Å². The number of nitrogens with zero attached hydrogens (tertiary/aromatic N) is 2. The topological polar surface area (TPSA) is 84.6 Å². The Hall–Kier alpha value is -1.95. The summed E-state index contributed by atoms with van der Waals surface area (Å²) < 4.78 is 5.20. The van der Waals surface area contributed by atoms with Crippen molar-refractivity contribution in [3.05, 3.63) is 42.0 Å². The van der Waals surface area contributed by atoms with Crippen LogP contribution in [0.1, 0.15) is 11.3 Å². The van der Waals surface area contributed by atoms with E-state index in [1.807, 2.05) is 13.0 Å². The number of rotatable bonds is 3. The minimum absolute atomic E-state index is 0.0677. The molecule has 0 unspecified atom stereocenters. The fraction of sp³-hybridized carbons (Fsp3) is 0.0909. The van der Waals surface area contributed by atoms with Crippen LogP contribution in [0.3, 0.4) is 0 Å². The van der Waals surface area contributed by atoms with Gasteiger partial charge in [-0.1, -0.05) is 16.9 Å². The molecule has 0 atom stereocenters. The van der Waals surface area contributed by atoms with Crippen LogP contribution in [-0.2, 0) is 0 Å². The summed E-state index contributed by atoms with van der Waals surface area (Å²) in [6.07, 6.45) is 3.25. The molecule has 17 heavy (non-hydrogen) atoms. The van der Waals surface area contributed by atoms with E-state index in [0.717, 1.165) is 15.7 Å². The minimum atomic E-state index is 0.0677. The third kappa shape index (κ3) is 2.59. The summed E-state index contributed by atoms with van der Waals surface area (Å²) in [5.41, 5.74) is 6.14. The fourth-order valence-electron chi connectivity index (χ4n) is 1.27. The standard InChI is InChI=1S/C11H11N3O2S/c1-7-9(3-5-16-7)17-10-6-8(2-4-13-10)11(12)14-15/h2-6,15H,1H3,(H2,12,14). The van der Waals surface area contributed by atoms with Crippen LogP contribution in [0.4, 0.5) is 0 Å². The number of pyridine rings is 1. The molecule has 0 spiro atoms. The van der Waals surface area contributed by atoms with Crippen molar-refractivity contribution in [3.8, 4) is 0 Å². The van der Waals surface area contributed by atoms with Gasteiger partial charge in [0, 0.05) is 11.8 Å². The average Bonchev–Trinajstić information content (AvgIpc) is 2.74. The summed E-state index contributed by atoms with van der Waals surface area (Å²) in [6, 6.07) is 5.31. The van der Waals surface area contributed by atoms with E-state index < -0.39 is 0 Å². The predicted octanol–water partition coefficient (Wildman–Crippen LogP) is 2.23. The first-order chi connectivity index (χ1) is 8.20. The van der Waals surface area contributed by atoms with Gasteiger partial charge in [0.1, 0.15) is 10.8 Å². The monoisotopic (exact) mass is 249 g/mol. The second-order valence-corrected chi connectivity index (χ2v) is 4.37. The van der Waals surface area contributed by atoms with Gasteiger partial charge in [0.05, 0.1) is 11.2 Å². The van der Waals surface area contributed by atoms with Crippen LogP contribution in [0, 0.1) is 6.92 Å². The van der Waals surface area contributed by atoms with E-state index in [1.54, 1.807) is 24.6 Å². The molecule has 0 aliphatic carbocycles. The molecule has 0 radical (unpaired) electrons. The molecule has 0 aliphatic heterocycles. The highest BCUT2D eigenvalue weighted by molar-refractivity contribution is 7.99. The molecule has 0 aromatic carbocycles. The van der Waals surface area contributed by atoms with Crippen LogP contribution in [0.15, 0.2) is 50.2 Å². The van der Waals surface area contributed by atoms with Crippen molar-refractivity contribution in [1.29, 1.82) is 0 Å². The Kier molecular flexibility index (Phi) is 3.34. The lowest BCUT2D eigenvalue weighted by molar-refractivity contribution is 0.318. The smallest absolute Gasteiger partial charge is 0.170 e. The Morgan fingerprint density at radius 1 is 1.53 bits per heavy atom. The van der Waals surface area contributed by atoms with Gasteiger partial charge in [-0.3, -0.25) is 0 Å². The molecular formula is C11H11N3O2S. The van der Waals surface area contributed by atoms with Gasteiger partial charge in [0.15, 0.2) is 5.84 Å². The highest BCUT2D eigenvalue weighted by atomic mass is 32.2. The molecule has 0 aliphatic rings. The number of hydrogen-bond acceptors (Lipinski definition) is 5. The van der Waals surface area contributed by atoms with Gasteiger partial charge < -0.3 is 15.4 Å². The number of hydrogen-bond donors (Lipinski definition) is 2. The maximum Gasteiger partial charge on any atom is 0.170 e. The third-order valence-corrected chi connectivity index (χ3v) is 3.24. The molecule has 3 N–H and O–H groups in total. The number of aromatic nitrogens is 1. The molecule has 2 heterocycles. The van der Waals surface area contributed by atoms with E-state index in [2.05, 4.69) is 10.1 Å². The number of oxime groups is 1. The Morgan fingerprint density at radius 2 is 2.35 bits per heavy atom. The average molecular weight is 249 g/mol. The third-order valence-electron chi connectivity index (χ3n) is 2.16. The first-order valence-corrected chi connectivity index (χ1v) is 5.68. The van der Waals surface area contributed by atoms with Crippen molar-refractivity contribution in [2.75, 3.05) is 0 Å². The summed E-state index contributed by atoms with van der Waals surface area (Å²) >= 11 is 1.47. The van der Waals surface area contributed by atoms with Crippen molar-refractivity contribution in [1.82, 2.24) is 4.98 Å². The normalized spacial score (nSPS) is 11.7. The van der Waals surface area contributed by atoms with E-state index in [9.17, 15) is 0 Å². The molecular weight excluding hydrogens is 238 g/mol. The zero-order chi connectivity index (χ0) is 12.3. The molecule has 5 nitrogen and oxygen atoms in total. The van der Waals surface area contributed by atoms with Crippen LogP contribution >= 0.6 is 11.8 Å². The molecule has 88 valence electrons. The molecule has 0 bridgehead atoms. The number of amidine groups is 1. The maximum absolute atomic E-state index is 8.60. The van der Waals surface area contributed by atoms with E-state index in [0.29, 0.717) is 5.56 Å². The first-order valence-electron chi connectivity index (χ1n) is 4.86. The molecule has 0 saturated carbocycles. The van der Waals surface area contributed by atoms with E-state index >= 15 is 0 Å². The first kappa shape index (κ1) is 11.5. The summed E-state index contributed by atoms with van der Waals surface area (Å²) in [5.74, 6) is 0.907. The van der Waals surface area contributed by atoms with Crippen LogP contribution in [-0.4, -0.2) is 16.0 Å². The van der Waals surface area contributed by atoms with Gasteiger partial charge >= 0.3 is 0 Å². The zero-order valence-corrected chi connectivity index (χ0v) is 9.94. The molecule has 0 saturated heterocycles. The lowest BCUT2D eigenvalue weighted by atomic mass is 10.2. The van der Waals surface area contributed by atoms with E-state index in [1.165, 1.54) is 11.8 Å². The molecule has 2 aromatic rings. The largest absolute Gasteiger partial charge is 0.468 e. The lowest BCUT2D eigenvalue weighted by Gasteiger charge is -2.02. The van der Waals surface area contributed by atoms with E-state index in [-0.39, 0.29) is 5.84 Å². The van der Waals surface area contributed by atoms with Gasteiger partial charge in [-0.05, 0) is 25.1 Å². The van der Waals surface area contributed by atoms with Crippen LogP contribution in [0.25, 0.3) is 0 Å². The molecule has 2 rings (SSSR count). The molecule has 0 amide bonds. The second-order valence-electron chi connectivity index (χ2n) is 3.31. The Morgan fingerprint density at radius 3 is 3.00 bits per heavy atom. The second kappa shape index (κ2) is 4.92. The van der Waals surface area contributed by atoms with Crippen molar-refractivity contribution in [3.63, 3.8) is 0 Å². The number of aryl methyl sites for hydroxylation is 1. The van der Waals surface area contributed by atoms with Crippen molar-refractivity contribution >= 4 is 17.6 Å². The summed E-state index contributed by atoms with van der Waals surface area (Å²) in [4.78, 5) is 5.20. The summed E-state index contributed by atoms with van der Waals surface area (Å²) in [7, 11) is 0. The number of furan rings is 1. The number of nitrogens with two attached hydrogens (primary N) is 1. The Bertz CT molecular complexity index is 551. The van der Waals surface area contributed by atoms with Crippen molar-refractivity contribution in [2.45, 2.75) is 16.8 Å². The van der Waals surface area contributed by atoms with Gasteiger partial charge in [0.2, 0.25) is 0 Å². The zero-order valence-electron chi connectivity index (χ0n) is 9.12. The fourth-order valence-corrected chi connectivity index (χ4v) is 2.11.